The summed E-state index contributed by atoms with van der Waals surface area (Å²) in [5.41, 5.74) is 1.85. The van der Waals surface area contributed by atoms with E-state index in [4.69, 9.17) is 4.99 Å². The number of hydrogen-bond donors (Lipinski definition) is 2. The Morgan fingerprint density at radius 1 is 1.25 bits per heavy atom. The number of rotatable bonds is 6. The second-order valence-corrected chi connectivity index (χ2v) is 7.40. The molecule has 2 aliphatic rings. The van der Waals surface area contributed by atoms with E-state index < -0.39 is 0 Å². The van der Waals surface area contributed by atoms with Crippen LogP contribution in [0.3, 0.4) is 0 Å². The van der Waals surface area contributed by atoms with Gasteiger partial charge < -0.3 is 15.5 Å². The predicted molar refractivity (Wildman–Crippen MR) is 126 cm³/mol. The van der Waals surface area contributed by atoms with Gasteiger partial charge in [0, 0.05) is 44.8 Å². The molecule has 0 spiro atoms. The Labute approximate surface area is 186 Å². The highest BCUT2D eigenvalue weighted by Crippen LogP contribution is 2.20. The van der Waals surface area contributed by atoms with Gasteiger partial charge in [0.1, 0.15) is 0 Å². The Morgan fingerprint density at radius 3 is 2.75 bits per heavy atom. The second kappa shape index (κ2) is 11.6. The minimum atomic E-state index is -0.0429. The molecular formula is C21H34IN5O. The molecule has 3 rings (SSSR count). The molecule has 1 amide bonds. The Morgan fingerprint density at radius 2 is 2.04 bits per heavy atom. The van der Waals surface area contributed by atoms with Gasteiger partial charge in [0.25, 0.3) is 5.91 Å². The number of aliphatic imine (C=N–C) groups is 1. The summed E-state index contributed by atoms with van der Waals surface area (Å²) in [6, 6.07) is 8.49. The molecule has 2 N–H and O–H groups in total. The fourth-order valence-corrected chi connectivity index (χ4v) is 4.07. The van der Waals surface area contributed by atoms with Crippen molar-refractivity contribution in [3.63, 3.8) is 0 Å². The molecule has 0 saturated carbocycles. The first-order chi connectivity index (χ1) is 13.2. The van der Waals surface area contributed by atoms with E-state index in [1.54, 1.807) is 7.05 Å². The van der Waals surface area contributed by atoms with Crippen LogP contribution in [0.15, 0.2) is 29.3 Å². The molecule has 1 aromatic carbocycles. The van der Waals surface area contributed by atoms with Gasteiger partial charge in [-0.25, -0.2) is 0 Å². The van der Waals surface area contributed by atoms with Crippen LogP contribution < -0.4 is 10.6 Å². The Balaban J connectivity index is 0.00000280. The number of carbonyl (C=O) groups excluding carboxylic acids is 1. The molecule has 2 fully saturated rings. The molecular weight excluding hydrogens is 465 g/mol. The molecule has 1 atom stereocenters. The summed E-state index contributed by atoms with van der Waals surface area (Å²) >= 11 is 0. The lowest BCUT2D eigenvalue weighted by Crippen LogP contribution is -2.42. The molecule has 0 aromatic heterocycles. The first-order valence-electron chi connectivity index (χ1n) is 10.3. The number of nitrogens with zero attached hydrogens (tertiary/aromatic N) is 3. The van der Waals surface area contributed by atoms with Crippen molar-refractivity contribution in [1.29, 1.82) is 0 Å². The summed E-state index contributed by atoms with van der Waals surface area (Å²) in [4.78, 5) is 21.7. The van der Waals surface area contributed by atoms with Crippen molar-refractivity contribution in [2.75, 3.05) is 46.3 Å². The third kappa shape index (κ3) is 6.07. The first kappa shape index (κ1) is 22.9. The molecule has 0 radical (unpaired) electrons. The van der Waals surface area contributed by atoms with Crippen LogP contribution in [0.4, 0.5) is 0 Å². The van der Waals surface area contributed by atoms with Gasteiger partial charge >= 0.3 is 0 Å². The lowest BCUT2D eigenvalue weighted by atomic mass is 10.1. The van der Waals surface area contributed by atoms with Crippen LogP contribution in [0.5, 0.6) is 0 Å². The molecule has 28 heavy (non-hydrogen) atoms. The maximum Gasteiger partial charge on any atom is 0.251 e. The lowest BCUT2D eigenvalue weighted by Gasteiger charge is -2.25. The Hall–Kier alpha value is -1.35. The van der Waals surface area contributed by atoms with Gasteiger partial charge in [-0.15, -0.1) is 24.0 Å². The fraction of sp³-hybridized carbons (Fsp3) is 0.619. The van der Waals surface area contributed by atoms with Crippen molar-refractivity contribution in [2.24, 2.45) is 4.99 Å². The van der Waals surface area contributed by atoms with E-state index in [2.05, 4.69) is 33.4 Å². The number of hydrogen-bond acceptors (Lipinski definition) is 3. The van der Waals surface area contributed by atoms with E-state index in [9.17, 15) is 4.79 Å². The van der Waals surface area contributed by atoms with Crippen molar-refractivity contribution >= 4 is 35.8 Å². The number of nitrogens with one attached hydrogen (secondary N) is 2. The average Bonchev–Trinajstić information content (AvgIpc) is 3.38. The highest BCUT2D eigenvalue weighted by molar-refractivity contribution is 14.0. The zero-order valence-electron chi connectivity index (χ0n) is 17.1. The van der Waals surface area contributed by atoms with E-state index in [0.717, 1.165) is 44.1 Å². The molecule has 1 aromatic rings. The third-order valence-corrected chi connectivity index (χ3v) is 5.53. The maximum atomic E-state index is 11.8. The van der Waals surface area contributed by atoms with E-state index >= 15 is 0 Å². The molecule has 1 unspecified atom stereocenters. The number of likely N-dealkylation sites (tertiary alicyclic amines) is 2. The minimum Gasteiger partial charge on any atom is -0.357 e. The highest BCUT2D eigenvalue weighted by Gasteiger charge is 2.30. The Kier molecular flexibility index (Phi) is 9.50. The van der Waals surface area contributed by atoms with Crippen molar-refractivity contribution in [3.8, 4) is 0 Å². The minimum absolute atomic E-state index is 0. The number of amides is 1. The molecule has 0 bridgehead atoms. The highest BCUT2D eigenvalue weighted by atomic mass is 127. The largest absolute Gasteiger partial charge is 0.357 e. The predicted octanol–water partition coefficient (Wildman–Crippen LogP) is 2.34. The molecule has 6 nitrogen and oxygen atoms in total. The van der Waals surface area contributed by atoms with Crippen molar-refractivity contribution in [3.05, 3.63) is 35.4 Å². The lowest BCUT2D eigenvalue weighted by molar-refractivity contribution is 0.0963. The number of guanidine groups is 1. The van der Waals surface area contributed by atoms with Crippen LogP contribution in [-0.4, -0.2) is 74.0 Å². The third-order valence-electron chi connectivity index (χ3n) is 5.53. The standard InChI is InChI=1S/C21H33N5O.HI/c1-3-23-21(26-14-10-19(16-26)25-12-4-5-13-25)24-11-9-17-7-6-8-18(15-17)20(27)22-2;/h6-8,15,19H,3-5,9-14,16H2,1-2H3,(H,22,27)(H,23,24);1H. The summed E-state index contributed by atoms with van der Waals surface area (Å²) < 4.78 is 0. The number of benzene rings is 1. The smallest absolute Gasteiger partial charge is 0.251 e. The quantitative estimate of drug-likeness (QED) is 0.359. The van der Waals surface area contributed by atoms with Gasteiger partial charge in [0.15, 0.2) is 5.96 Å². The summed E-state index contributed by atoms with van der Waals surface area (Å²) in [5.74, 6) is 0.986. The first-order valence-corrected chi connectivity index (χ1v) is 10.3. The van der Waals surface area contributed by atoms with Crippen LogP contribution in [0.25, 0.3) is 0 Å². The van der Waals surface area contributed by atoms with Crippen molar-refractivity contribution in [2.45, 2.75) is 38.6 Å². The molecule has 2 saturated heterocycles. The fourth-order valence-electron chi connectivity index (χ4n) is 4.07. The molecule has 0 aliphatic carbocycles. The van der Waals surface area contributed by atoms with Crippen molar-refractivity contribution in [1.82, 2.24) is 20.4 Å². The van der Waals surface area contributed by atoms with Gasteiger partial charge in [-0.3, -0.25) is 14.7 Å². The summed E-state index contributed by atoms with van der Waals surface area (Å²) in [7, 11) is 1.66. The molecule has 2 heterocycles. The van der Waals surface area contributed by atoms with Gasteiger partial charge in [-0.05, 0) is 63.4 Å². The van der Waals surface area contributed by atoms with E-state index in [0.29, 0.717) is 11.6 Å². The van der Waals surface area contributed by atoms with Crippen LogP contribution in [0.2, 0.25) is 0 Å². The van der Waals surface area contributed by atoms with Gasteiger partial charge in [0.2, 0.25) is 0 Å². The van der Waals surface area contributed by atoms with Crippen LogP contribution in [0, 0.1) is 0 Å². The Bertz CT molecular complexity index is 660. The van der Waals surface area contributed by atoms with Crippen LogP contribution in [-0.2, 0) is 6.42 Å². The van der Waals surface area contributed by atoms with Crippen molar-refractivity contribution < 1.29 is 4.79 Å². The van der Waals surface area contributed by atoms with E-state index in [1.165, 1.54) is 32.4 Å². The summed E-state index contributed by atoms with van der Waals surface area (Å²) in [6.45, 7) is 8.41. The van der Waals surface area contributed by atoms with Crippen LogP contribution in [0.1, 0.15) is 42.1 Å². The molecule has 156 valence electrons. The summed E-state index contributed by atoms with van der Waals surface area (Å²) in [6.07, 6.45) is 4.77. The van der Waals surface area contributed by atoms with Gasteiger partial charge in [-0.2, -0.15) is 0 Å². The van der Waals surface area contributed by atoms with Gasteiger partial charge in [0.05, 0.1) is 0 Å². The number of carbonyl (C=O) groups is 1. The zero-order valence-corrected chi connectivity index (χ0v) is 19.4. The maximum absolute atomic E-state index is 11.8. The topological polar surface area (TPSA) is 60.0 Å². The van der Waals surface area contributed by atoms with Crippen LogP contribution >= 0.6 is 24.0 Å². The van der Waals surface area contributed by atoms with E-state index in [-0.39, 0.29) is 29.9 Å². The molecule has 2 aliphatic heterocycles. The monoisotopic (exact) mass is 499 g/mol. The average molecular weight is 499 g/mol. The molecule has 7 heteroatoms. The SMILES string of the molecule is CCNC(=NCCc1cccc(C(=O)NC)c1)N1CCC(N2CCCC2)C1.I. The van der Waals surface area contributed by atoms with E-state index in [1.807, 2.05) is 18.2 Å². The second-order valence-electron chi connectivity index (χ2n) is 7.40. The normalized spacial score (nSPS) is 20.1. The zero-order chi connectivity index (χ0) is 19.1. The summed E-state index contributed by atoms with van der Waals surface area (Å²) in [5, 5.41) is 6.13. The number of halogens is 1. The van der Waals surface area contributed by atoms with Gasteiger partial charge in [-0.1, -0.05) is 12.1 Å².